The van der Waals surface area contributed by atoms with Gasteiger partial charge in [-0.25, -0.2) is 0 Å². The van der Waals surface area contributed by atoms with Crippen LogP contribution in [-0.2, 0) is 9.53 Å². The quantitative estimate of drug-likeness (QED) is 0.739. The minimum absolute atomic E-state index is 0.0668. The molecule has 0 heterocycles. The number of aliphatic hydroxyl groups excluding tert-OH is 1. The Morgan fingerprint density at radius 3 is 2.83 bits per heavy atom. The molecular formula is C15H24O3. The fourth-order valence-electron chi connectivity index (χ4n) is 2.07. The number of hydrogen-bond acceptors (Lipinski definition) is 3. The van der Waals surface area contributed by atoms with Gasteiger partial charge in [-0.15, -0.1) is 0 Å². The molecule has 18 heavy (non-hydrogen) atoms. The van der Waals surface area contributed by atoms with Gasteiger partial charge >= 0.3 is 0 Å². The molecule has 0 aromatic carbocycles. The summed E-state index contributed by atoms with van der Waals surface area (Å²) in [7, 11) is 0. The van der Waals surface area contributed by atoms with E-state index < -0.39 is 11.5 Å². The molecule has 1 aliphatic carbocycles. The van der Waals surface area contributed by atoms with E-state index in [-0.39, 0.29) is 5.78 Å². The first kappa shape index (κ1) is 15.0. The van der Waals surface area contributed by atoms with Crippen molar-refractivity contribution in [3.05, 3.63) is 24.0 Å². The average molecular weight is 252 g/mol. The predicted molar refractivity (Wildman–Crippen MR) is 72.1 cm³/mol. The number of ketones is 1. The lowest BCUT2D eigenvalue weighted by molar-refractivity contribution is -0.122. The van der Waals surface area contributed by atoms with Gasteiger partial charge in [-0.05, 0) is 26.7 Å². The maximum Gasteiger partial charge on any atom is 0.168 e. The maximum absolute atomic E-state index is 12.1. The van der Waals surface area contributed by atoms with Crippen LogP contribution in [0.25, 0.3) is 0 Å². The van der Waals surface area contributed by atoms with E-state index in [0.29, 0.717) is 6.61 Å². The van der Waals surface area contributed by atoms with E-state index in [1.807, 2.05) is 26.8 Å². The first-order chi connectivity index (χ1) is 8.51. The van der Waals surface area contributed by atoms with E-state index in [0.717, 1.165) is 31.4 Å². The topological polar surface area (TPSA) is 46.5 Å². The van der Waals surface area contributed by atoms with Crippen molar-refractivity contribution in [1.82, 2.24) is 0 Å². The van der Waals surface area contributed by atoms with Crippen molar-refractivity contribution in [2.75, 3.05) is 6.61 Å². The highest BCUT2D eigenvalue weighted by molar-refractivity contribution is 5.97. The molecule has 102 valence electrons. The molecule has 1 rings (SSSR count). The lowest BCUT2D eigenvalue weighted by atomic mass is 9.76. The molecule has 0 aliphatic heterocycles. The molecule has 0 unspecified atom stereocenters. The summed E-state index contributed by atoms with van der Waals surface area (Å²) in [4.78, 5) is 12.1. The van der Waals surface area contributed by atoms with Crippen LogP contribution in [0, 0.1) is 5.41 Å². The molecule has 3 nitrogen and oxygen atoms in total. The van der Waals surface area contributed by atoms with Crippen LogP contribution in [0.5, 0.6) is 0 Å². The Hall–Kier alpha value is -1.09. The molecule has 3 heteroatoms. The van der Waals surface area contributed by atoms with E-state index >= 15 is 0 Å². The van der Waals surface area contributed by atoms with Gasteiger partial charge in [0, 0.05) is 17.9 Å². The summed E-state index contributed by atoms with van der Waals surface area (Å²) in [6, 6.07) is 0. The molecule has 0 aromatic rings. The monoisotopic (exact) mass is 252 g/mol. The van der Waals surface area contributed by atoms with Gasteiger partial charge in [0.2, 0.25) is 0 Å². The van der Waals surface area contributed by atoms with Crippen LogP contribution in [0.3, 0.4) is 0 Å². The van der Waals surface area contributed by atoms with Crippen molar-refractivity contribution in [2.24, 2.45) is 5.41 Å². The van der Waals surface area contributed by atoms with E-state index in [4.69, 9.17) is 4.74 Å². The second-order valence-electron chi connectivity index (χ2n) is 5.04. The predicted octanol–water partition coefficient (Wildman–Crippen LogP) is 2.99. The van der Waals surface area contributed by atoms with Gasteiger partial charge in [-0.2, -0.15) is 0 Å². The zero-order valence-corrected chi connectivity index (χ0v) is 11.6. The first-order valence-electron chi connectivity index (χ1n) is 6.77. The van der Waals surface area contributed by atoms with Gasteiger partial charge in [0.15, 0.2) is 5.78 Å². The first-order valence-corrected chi connectivity index (χ1v) is 6.77. The van der Waals surface area contributed by atoms with Gasteiger partial charge < -0.3 is 9.84 Å². The number of carbonyl (C=O) groups excluding carboxylic acids is 1. The molecule has 0 saturated carbocycles. The van der Waals surface area contributed by atoms with Crippen molar-refractivity contribution in [1.29, 1.82) is 0 Å². The third-order valence-corrected chi connectivity index (χ3v) is 3.35. The van der Waals surface area contributed by atoms with E-state index in [9.17, 15) is 9.90 Å². The second-order valence-corrected chi connectivity index (χ2v) is 5.04. The lowest BCUT2D eigenvalue weighted by Gasteiger charge is -2.28. The van der Waals surface area contributed by atoms with Crippen molar-refractivity contribution in [3.63, 3.8) is 0 Å². The van der Waals surface area contributed by atoms with Crippen LogP contribution in [0.2, 0.25) is 0 Å². The van der Waals surface area contributed by atoms with Crippen LogP contribution in [0.4, 0.5) is 0 Å². The Balaban J connectivity index is 2.68. The van der Waals surface area contributed by atoms with Crippen LogP contribution < -0.4 is 0 Å². The smallest absolute Gasteiger partial charge is 0.168 e. The Labute approximate surface area is 110 Å². The Bertz CT molecular complexity index is 344. The zero-order valence-electron chi connectivity index (χ0n) is 11.6. The number of ether oxygens (including phenoxy) is 1. The van der Waals surface area contributed by atoms with Crippen LogP contribution in [-0.4, -0.2) is 23.6 Å². The Morgan fingerprint density at radius 1 is 1.56 bits per heavy atom. The molecule has 0 fully saturated rings. The number of aliphatic hydroxyl groups is 1. The van der Waals surface area contributed by atoms with Gasteiger partial charge in [-0.1, -0.05) is 25.5 Å². The lowest BCUT2D eigenvalue weighted by Crippen LogP contribution is -2.28. The molecule has 2 atom stereocenters. The molecule has 0 spiro atoms. The fraction of sp³-hybridized carbons (Fsp3) is 0.667. The number of rotatable bonds is 6. The van der Waals surface area contributed by atoms with Crippen molar-refractivity contribution in [2.45, 2.75) is 52.6 Å². The van der Waals surface area contributed by atoms with Gasteiger partial charge in [-0.3, -0.25) is 4.79 Å². The molecule has 0 saturated heterocycles. The molecule has 0 bridgehead atoms. The number of carbonyl (C=O) groups is 1. The van der Waals surface area contributed by atoms with E-state index in [1.54, 1.807) is 12.2 Å². The van der Waals surface area contributed by atoms with Crippen LogP contribution in [0.1, 0.15) is 46.5 Å². The summed E-state index contributed by atoms with van der Waals surface area (Å²) in [5.41, 5.74) is -0.491. The van der Waals surface area contributed by atoms with E-state index in [1.165, 1.54) is 0 Å². The average Bonchev–Trinajstić information content (AvgIpc) is 2.33. The molecule has 0 radical (unpaired) electrons. The highest BCUT2D eigenvalue weighted by atomic mass is 16.5. The normalized spacial score (nSPS) is 26.2. The molecular weight excluding hydrogens is 228 g/mol. The summed E-state index contributed by atoms with van der Waals surface area (Å²) in [6.07, 6.45) is 7.96. The van der Waals surface area contributed by atoms with Gasteiger partial charge in [0.05, 0.1) is 18.5 Å². The van der Waals surface area contributed by atoms with Crippen molar-refractivity contribution in [3.8, 4) is 0 Å². The van der Waals surface area contributed by atoms with Crippen LogP contribution >= 0.6 is 0 Å². The fourth-order valence-corrected chi connectivity index (χ4v) is 2.07. The van der Waals surface area contributed by atoms with Crippen LogP contribution in [0.15, 0.2) is 24.0 Å². The molecule has 0 aromatic heterocycles. The minimum Gasteiger partial charge on any atom is -0.498 e. The number of hydrogen-bond donors (Lipinski definition) is 1. The van der Waals surface area contributed by atoms with Gasteiger partial charge in [0.25, 0.3) is 0 Å². The third kappa shape index (κ3) is 3.98. The highest BCUT2D eigenvalue weighted by Crippen LogP contribution is 2.34. The number of allylic oxidation sites excluding steroid dienone is 3. The minimum atomic E-state index is -0.491. The molecule has 0 amide bonds. The molecule has 1 aliphatic rings. The SMILES string of the molecule is CCC[C@H](O)/C=C/[C@]1(C)CCC(OCC)=CC1=O. The highest BCUT2D eigenvalue weighted by Gasteiger charge is 2.33. The standard InChI is InChI=1S/C15H24O3/c1-4-6-12(16)7-9-15(3)10-8-13(18-5-2)11-14(15)17/h7,9,11-12,16H,4-6,8,10H2,1-3H3/b9-7+/t12-,15+/m0/s1. The van der Waals surface area contributed by atoms with Crippen molar-refractivity contribution < 1.29 is 14.6 Å². The maximum atomic E-state index is 12.1. The van der Waals surface area contributed by atoms with Gasteiger partial charge in [0.1, 0.15) is 0 Å². The Kier molecular flexibility index (Phi) is 5.60. The largest absolute Gasteiger partial charge is 0.498 e. The summed E-state index contributed by atoms with van der Waals surface area (Å²) in [5.74, 6) is 0.847. The third-order valence-electron chi connectivity index (χ3n) is 3.35. The van der Waals surface area contributed by atoms with E-state index in [2.05, 4.69) is 0 Å². The zero-order chi connectivity index (χ0) is 13.6. The van der Waals surface area contributed by atoms with Crippen molar-refractivity contribution >= 4 is 5.78 Å². The second kappa shape index (κ2) is 6.74. The molecule has 1 N–H and O–H groups in total. The Morgan fingerprint density at radius 2 is 2.28 bits per heavy atom. The summed E-state index contributed by atoms with van der Waals surface area (Å²) in [6.45, 7) is 6.46. The summed E-state index contributed by atoms with van der Waals surface area (Å²) >= 11 is 0. The summed E-state index contributed by atoms with van der Waals surface area (Å²) in [5, 5.41) is 9.68. The summed E-state index contributed by atoms with van der Waals surface area (Å²) < 4.78 is 5.38.